The highest BCUT2D eigenvalue weighted by atomic mass is 16.5. The van der Waals surface area contributed by atoms with Crippen LogP contribution in [0.1, 0.15) is 25.8 Å². The van der Waals surface area contributed by atoms with Gasteiger partial charge in [-0.05, 0) is 31.6 Å². The number of nitrogens with zero attached hydrogens (tertiary/aromatic N) is 2. The normalized spacial score (nSPS) is 15.7. The molecule has 2 aromatic rings. The van der Waals surface area contributed by atoms with E-state index in [-0.39, 0.29) is 18.3 Å². The summed E-state index contributed by atoms with van der Waals surface area (Å²) in [5.41, 5.74) is 2.46. The van der Waals surface area contributed by atoms with Gasteiger partial charge < -0.3 is 4.74 Å². The fourth-order valence-corrected chi connectivity index (χ4v) is 2.79. The molecule has 26 heavy (non-hydrogen) atoms. The Labute approximate surface area is 152 Å². The monoisotopic (exact) mass is 348 g/mol. The van der Waals surface area contributed by atoms with E-state index in [1.165, 1.54) is 0 Å². The number of benzene rings is 2. The number of para-hydroxylation sites is 1. The van der Waals surface area contributed by atoms with Crippen LogP contribution >= 0.6 is 0 Å². The second kappa shape index (κ2) is 7.78. The minimum absolute atomic E-state index is 0.0448. The van der Waals surface area contributed by atoms with E-state index in [0.717, 1.165) is 11.3 Å². The molecule has 0 spiro atoms. The molecule has 5 nitrogen and oxygen atoms in total. The van der Waals surface area contributed by atoms with Gasteiger partial charge in [0.2, 0.25) is 0 Å². The number of anilines is 1. The SMILES string of the molecule is CCOC(=O)C/C(C)=C1\N=C(c2ccccc2)N(c2ccccc2)C1=O. The van der Waals surface area contributed by atoms with Crippen molar-refractivity contribution >= 4 is 23.4 Å². The van der Waals surface area contributed by atoms with Crippen LogP contribution in [0.25, 0.3) is 0 Å². The highest BCUT2D eigenvalue weighted by Crippen LogP contribution is 2.28. The van der Waals surface area contributed by atoms with Crippen LogP contribution in [0.15, 0.2) is 76.9 Å². The van der Waals surface area contributed by atoms with Gasteiger partial charge in [-0.15, -0.1) is 0 Å². The zero-order valence-electron chi connectivity index (χ0n) is 14.8. The van der Waals surface area contributed by atoms with Gasteiger partial charge in [-0.2, -0.15) is 0 Å². The predicted octanol–water partition coefficient (Wildman–Crippen LogP) is 3.71. The van der Waals surface area contributed by atoms with Crippen molar-refractivity contribution in [3.63, 3.8) is 0 Å². The molecule has 0 radical (unpaired) electrons. The topological polar surface area (TPSA) is 59.0 Å². The van der Waals surface area contributed by atoms with Gasteiger partial charge in [0.1, 0.15) is 11.5 Å². The lowest BCUT2D eigenvalue weighted by molar-refractivity contribution is -0.142. The molecule has 1 aliphatic rings. The van der Waals surface area contributed by atoms with Gasteiger partial charge in [0.15, 0.2) is 0 Å². The van der Waals surface area contributed by atoms with Crippen LogP contribution in [0.4, 0.5) is 5.69 Å². The number of hydrogen-bond donors (Lipinski definition) is 0. The van der Waals surface area contributed by atoms with Crippen LogP contribution in [0, 0.1) is 0 Å². The molecule has 0 saturated heterocycles. The Morgan fingerprint density at radius 2 is 1.65 bits per heavy atom. The molecule has 1 amide bonds. The maximum atomic E-state index is 13.1. The van der Waals surface area contributed by atoms with Crippen LogP contribution in [0.5, 0.6) is 0 Å². The van der Waals surface area contributed by atoms with Crippen molar-refractivity contribution in [3.8, 4) is 0 Å². The number of rotatable bonds is 5. The predicted molar refractivity (Wildman–Crippen MR) is 101 cm³/mol. The van der Waals surface area contributed by atoms with E-state index in [2.05, 4.69) is 4.99 Å². The third-order valence-electron chi connectivity index (χ3n) is 4.00. The van der Waals surface area contributed by atoms with Crippen molar-refractivity contribution in [1.29, 1.82) is 0 Å². The maximum absolute atomic E-state index is 13.1. The largest absolute Gasteiger partial charge is 0.466 e. The first-order chi connectivity index (χ1) is 12.6. The number of carbonyl (C=O) groups is 2. The van der Waals surface area contributed by atoms with E-state index in [4.69, 9.17) is 4.74 Å². The lowest BCUT2D eigenvalue weighted by atomic mass is 10.1. The summed E-state index contributed by atoms with van der Waals surface area (Å²) in [5, 5.41) is 0. The number of amides is 1. The van der Waals surface area contributed by atoms with Crippen LogP contribution < -0.4 is 4.90 Å². The van der Waals surface area contributed by atoms with Gasteiger partial charge in [-0.1, -0.05) is 48.5 Å². The lowest BCUT2D eigenvalue weighted by Gasteiger charge is -2.18. The van der Waals surface area contributed by atoms with Crippen LogP contribution in [-0.2, 0) is 14.3 Å². The maximum Gasteiger partial charge on any atom is 0.309 e. The Balaban J connectivity index is 2.04. The van der Waals surface area contributed by atoms with Gasteiger partial charge in [0.05, 0.1) is 18.7 Å². The Morgan fingerprint density at radius 3 is 2.27 bits per heavy atom. The van der Waals surface area contributed by atoms with E-state index in [0.29, 0.717) is 23.7 Å². The summed E-state index contributed by atoms with van der Waals surface area (Å²) >= 11 is 0. The molecule has 0 saturated carbocycles. The van der Waals surface area contributed by atoms with E-state index in [1.54, 1.807) is 18.7 Å². The van der Waals surface area contributed by atoms with E-state index in [1.807, 2.05) is 60.7 Å². The number of aliphatic imine (C=N–C) groups is 1. The molecule has 2 aromatic carbocycles. The second-order valence-electron chi connectivity index (χ2n) is 5.89. The molecule has 1 aliphatic heterocycles. The summed E-state index contributed by atoms with van der Waals surface area (Å²) in [4.78, 5) is 31.0. The molecule has 0 atom stereocenters. The Bertz CT molecular complexity index is 871. The molecule has 3 rings (SSSR count). The zero-order chi connectivity index (χ0) is 18.5. The van der Waals surface area contributed by atoms with Crippen molar-refractivity contribution in [2.45, 2.75) is 20.3 Å². The second-order valence-corrected chi connectivity index (χ2v) is 5.89. The number of hydrogen-bond acceptors (Lipinski definition) is 4. The number of ether oxygens (including phenoxy) is 1. The first kappa shape index (κ1) is 17.6. The molecular formula is C21H20N2O3. The quantitative estimate of drug-likeness (QED) is 0.611. The first-order valence-corrected chi connectivity index (χ1v) is 8.50. The lowest BCUT2D eigenvalue weighted by Crippen LogP contribution is -2.32. The average Bonchev–Trinajstić information content (AvgIpc) is 3.00. The van der Waals surface area contributed by atoms with Gasteiger partial charge in [-0.3, -0.25) is 14.5 Å². The summed E-state index contributed by atoms with van der Waals surface area (Å²) in [6.45, 7) is 3.80. The van der Waals surface area contributed by atoms with Gasteiger partial charge in [0, 0.05) is 5.56 Å². The Morgan fingerprint density at radius 1 is 1.04 bits per heavy atom. The smallest absolute Gasteiger partial charge is 0.309 e. The van der Waals surface area contributed by atoms with Crippen molar-refractivity contribution in [1.82, 2.24) is 0 Å². The summed E-state index contributed by atoms with van der Waals surface area (Å²) in [6.07, 6.45) is 0.0448. The zero-order valence-corrected chi connectivity index (χ0v) is 14.8. The minimum atomic E-state index is -0.361. The molecule has 132 valence electrons. The fraction of sp³-hybridized carbons (Fsp3) is 0.190. The highest BCUT2D eigenvalue weighted by molar-refractivity contribution is 6.32. The number of amidine groups is 1. The van der Waals surface area contributed by atoms with E-state index in [9.17, 15) is 9.59 Å². The molecule has 0 aromatic heterocycles. The summed E-state index contributed by atoms with van der Waals surface area (Å²) in [6, 6.07) is 18.9. The average molecular weight is 348 g/mol. The Kier molecular flexibility index (Phi) is 5.27. The van der Waals surface area contributed by atoms with Crippen LogP contribution in [0.3, 0.4) is 0 Å². The standard InChI is InChI=1S/C21H20N2O3/c1-3-26-18(24)14-15(2)19-21(25)23(17-12-8-5-9-13-17)20(22-19)16-10-6-4-7-11-16/h4-13H,3,14H2,1-2H3/b19-15-. The van der Waals surface area contributed by atoms with Crippen molar-refractivity contribution in [3.05, 3.63) is 77.5 Å². The van der Waals surface area contributed by atoms with Crippen molar-refractivity contribution in [2.75, 3.05) is 11.5 Å². The van der Waals surface area contributed by atoms with Gasteiger partial charge >= 0.3 is 5.97 Å². The third kappa shape index (κ3) is 3.57. The molecule has 0 aliphatic carbocycles. The molecular weight excluding hydrogens is 328 g/mol. The number of esters is 1. The summed E-state index contributed by atoms with van der Waals surface area (Å²) < 4.78 is 4.98. The van der Waals surface area contributed by atoms with Crippen molar-refractivity contribution in [2.24, 2.45) is 4.99 Å². The summed E-state index contributed by atoms with van der Waals surface area (Å²) in [5.74, 6) is -0.0446. The molecule has 1 heterocycles. The number of carbonyl (C=O) groups excluding carboxylic acids is 2. The third-order valence-corrected chi connectivity index (χ3v) is 4.00. The van der Waals surface area contributed by atoms with Crippen LogP contribution in [0.2, 0.25) is 0 Å². The van der Waals surface area contributed by atoms with Crippen molar-refractivity contribution < 1.29 is 14.3 Å². The highest BCUT2D eigenvalue weighted by Gasteiger charge is 2.33. The van der Waals surface area contributed by atoms with E-state index < -0.39 is 0 Å². The minimum Gasteiger partial charge on any atom is -0.466 e. The molecule has 0 fully saturated rings. The van der Waals surface area contributed by atoms with Gasteiger partial charge in [0.25, 0.3) is 5.91 Å². The molecule has 0 bridgehead atoms. The fourth-order valence-electron chi connectivity index (χ4n) is 2.79. The Hall–Kier alpha value is -3.21. The van der Waals surface area contributed by atoms with Gasteiger partial charge in [-0.25, -0.2) is 4.99 Å². The molecule has 0 unspecified atom stereocenters. The first-order valence-electron chi connectivity index (χ1n) is 8.50. The molecule has 0 N–H and O–H groups in total. The van der Waals surface area contributed by atoms with Crippen LogP contribution in [-0.4, -0.2) is 24.3 Å². The summed E-state index contributed by atoms with van der Waals surface area (Å²) in [7, 11) is 0. The molecule has 5 heteroatoms. The van der Waals surface area contributed by atoms with E-state index >= 15 is 0 Å².